The summed E-state index contributed by atoms with van der Waals surface area (Å²) in [7, 11) is 0. The number of rotatable bonds is 7. The maximum absolute atomic E-state index is 11.8. The quantitative estimate of drug-likeness (QED) is 0.813. The average Bonchev–Trinajstić information content (AvgIpc) is 2.39. The van der Waals surface area contributed by atoms with Crippen molar-refractivity contribution < 1.29 is 9.53 Å². The summed E-state index contributed by atoms with van der Waals surface area (Å²) in [4.78, 5) is 11.8. The van der Waals surface area contributed by atoms with Gasteiger partial charge in [-0.1, -0.05) is 24.6 Å². The first-order valence-electron chi connectivity index (χ1n) is 6.93. The zero-order valence-electron chi connectivity index (χ0n) is 12.3. The largest absolute Gasteiger partial charge is 0.481 e. The van der Waals surface area contributed by atoms with Gasteiger partial charge in [0.2, 0.25) is 0 Å². The minimum absolute atomic E-state index is 0.0264. The summed E-state index contributed by atoms with van der Waals surface area (Å²) in [5, 5.41) is 3.42. The highest BCUT2D eigenvalue weighted by molar-refractivity contribution is 6.31. The van der Waals surface area contributed by atoms with Gasteiger partial charge < -0.3 is 15.8 Å². The summed E-state index contributed by atoms with van der Waals surface area (Å²) < 4.78 is 5.73. The van der Waals surface area contributed by atoms with E-state index < -0.39 is 6.10 Å². The van der Waals surface area contributed by atoms with Crippen LogP contribution in [0.15, 0.2) is 18.2 Å². The number of halogens is 1. The first-order valence-corrected chi connectivity index (χ1v) is 7.30. The van der Waals surface area contributed by atoms with E-state index in [2.05, 4.69) is 5.32 Å². The van der Waals surface area contributed by atoms with Gasteiger partial charge >= 0.3 is 0 Å². The number of ether oxygens (including phenoxy) is 1. The molecule has 0 radical (unpaired) electrons. The molecule has 3 N–H and O–H groups in total. The lowest BCUT2D eigenvalue weighted by Crippen LogP contribution is -2.36. The van der Waals surface area contributed by atoms with Crippen LogP contribution in [0.5, 0.6) is 5.75 Å². The minimum atomic E-state index is -0.563. The van der Waals surface area contributed by atoms with Crippen molar-refractivity contribution in [3.05, 3.63) is 28.8 Å². The van der Waals surface area contributed by atoms with Crippen LogP contribution in [0.25, 0.3) is 0 Å². The van der Waals surface area contributed by atoms with Gasteiger partial charge in [0.05, 0.1) is 0 Å². The third-order valence-electron chi connectivity index (χ3n) is 2.82. The molecule has 0 aromatic heterocycles. The third-order valence-corrected chi connectivity index (χ3v) is 3.18. The Bertz CT molecular complexity index is 449. The van der Waals surface area contributed by atoms with Crippen LogP contribution in [0.3, 0.4) is 0 Å². The smallest absolute Gasteiger partial charge is 0.260 e. The van der Waals surface area contributed by atoms with Crippen LogP contribution in [0.1, 0.15) is 32.8 Å². The van der Waals surface area contributed by atoms with Crippen molar-refractivity contribution >= 4 is 17.5 Å². The molecule has 112 valence electrons. The maximum atomic E-state index is 11.8. The Morgan fingerprint density at radius 1 is 1.45 bits per heavy atom. The minimum Gasteiger partial charge on any atom is -0.481 e. The summed E-state index contributed by atoms with van der Waals surface area (Å²) in [5.41, 5.74) is 6.67. The monoisotopic (exact) mass is 298 g/mol. The van der Waals surface area contributed by atoms with Crippen LogP contribution in [-0.2, 0) is 11.2 Å². The van der Waals surface area contributed by atoms with Gasteiger partial charge in [-0.15, -0.1) is 0 Å². The lowest BCUT2D eigenvalue weighted by molar-refractivity contribution is -0.127. The van der Waals surface area contributed by atoms with E-state index in [-0.39, 0.29) is 11.9 Å². The SMILES string of the molecule is CCCNC(=O)C(C)Oc1cccc(Cl)c1CC(C)N. The topological polar surface area (TPSA) is 64.3 Å². The van der Waals surface area contributed by atoms with E-state index >= 15 is 0 Å². The predicted molar refractivity (Wildman–Crippen MR) is 82.2 cm³/mol. The molecule has 2 unspecified atom stereocenters. The van der Waals surface area contributed by atoms with Crippen LogP contribution in [0.4, 0.5) is 0 Å². The fraction of sp³-hybridized carbons (Fsp3) is 0.533. The summed E-state index contributed by atoms with van der Waals surface area (Å²) in [6, 6.07) is 5.39. The van der Waals surface area contributed by atoms with Crippen LogP contribution >= 0.6 is 11.6 Å². The molecule has 0 bridgehead atoms. The number of nitrogens with one attached hydrogen (secondary N) is 1. The first-order chi connectivity index (χ1) is 9.45. The molecular formula is C15H23ClN2O2. The first kappa shape index (κ1) is 16.8. The zero-order valence-corrected chi connectivity index (χ0v) is 13.0. The summed E-state index contributed by atoms with van der Waals surface area (Å²) in [6.07, 6.45) is 0.941. The second-order valence-electron chi connectivity index (χ2n) is 4.95. The molecule has 0 fully saturated rings. The molecule has 20 heavy (non-hydrogen) atoms. The van der Waals surface area contributed by atoms with Crippen LogP contribution in [0.2, 0.25) is 5.02 Å². The lowest BCUT2D eigenvalue weighted by atomic mass is 10.1. The van der Waals surface area contributed by atoms with Crippen molar-refractivity contribution in [1.82, 2.24) is 5.32 Å². The molecule has 0 heterocycles. The van der Waals surface area contributed by atoms with Gasteiger partial charge in [0.15, 0.2) is 6.10 Å². The van der Waals surface area contributed by atoms with E-state index in [4.69, 9.17) is 22.1 Å². The normalized spacial score (nSPS) is 13.7. The number of nitrogens with two attached hydrogens (primary N) is 1. The molecule has 0 saturated heterocycles. The van der Waals surface area contributed by atoms with Gasteiger partial charge in [0.25, 0.3) is 5.91 Å². The second-order valence-corrected chi connectivity index (χ2v) is 5.36. The highest BCUT2D eigenvalue weighted by atomic mass is 35.5. The van der Waals surface area contributed by atoms with Crippen LogP contribution < -0.4 is 15.8 Å². The van der Waals surface area contributed by atoms with Crippen LogP contribution in [0, 0.1) is 0 Å². The van der Waals surface area contributed by atoms with Gasteiger partial charge in [-0.3, -0.25) is 4.79 Å². The Kier molecular flexibility index (Phi) is 6.82. The highest BCUT2D eigenvalue weighted by Gasteiger charge is 2.17. The van der Waals surface area contributed by atoms with E-state index in [1.54, 1.807) is 19.1 Å². The van der Waals surface area contributed by atoms with Crippen molar-refractivity contribution in [3.8, 4) is 5.75 Å². The predicted octanol–water partition coefficient (Wildman–Crippen LogP) is 2.52. The summed E-state index contributed by atoms with van der Waals surface area (Å²) in [6.45, 7) is 6.28. The van der Waals surface area contributed by atoms with Gasteiger partial charge in [-0.2, -0.15) is 0 Å². The van der Waals surface area contributed by atoms with Crippen molar-refractivity contribution in [2.24, 2.45) is 5.73 Å². The Labute approximate surface area is 125 Å². The molecule has 2 atom stereocenters. The zero-order chi connectivity index (χ0) is 15.1. The lowest BCUT2D eigenvalue weighted by Gasteiger charge is -2.18. The molecular weight excluding hydrogens is 276 g/mol. The van der Waals surface area contributed by atoms with E-state index in [9.17, 15) is 4.79 Å². The Hall–Kier alpha value is -1.26. The molecule has 5 heteroatoms. The molecule has 0 saturated carbocycles. The third kappa shape index (κ3) is 5.02. The standard InChI is InChI=1S/C15H23ClN2O2/c1-4-8-18-15(19)11(3)20-14-7-5-6-13(16)12(14)9-10(2)17/h5-7,10-11H,4,8-9,17H2,1-3H3,(H,18,19). The van der Waals surface area contributed by atoms with Gasteiger partial charge in [0, 0.05) is 23.2 Å². The number of hydrogen-bond acceptors (Lipinski definition) is 3. The van der Waals surface area contributed by atoms with Crippen molar-refractivity contribution in [2.75, 3.05) is 6.54 Å². The van der Waals surface area contributed by atoms with Crippen molar-refractivity contribution in [3.63, 3.8) is 0 Å². The summed E-state index contributed by atoms with van der Waals surface area (Å²) >= 11 is 6.18. The molecule has 1 amide bonds. The molecule has 0 spiro atoms. The van der Waals surface area contributed by atoms with E-state index in [0.29, 0.717) is 23.7 Å². The fourth-order valence-electron chi connectivity index (χ4n) is 1.81. The van der Waals surface area contributed by atoms with Gasteiger partial charge in [-0.25, -0.2) is 0 Å². The van der Waals surface area contributed by atoms with Gasteiger partial charge in [0.1, 0.15) is 5.75 Å². The number of benzene rings is 1. The molecule has 4 nitrogen and oxygen atoms in total. The Morgan fingerprint density at radius 3 is 2.75 bits per heavy atom. The highest BCUT2D eigenvalue weighted by Crippen LogP contribution is 2.28. The van der Waals surface area contributed by atoms with Crippen molar-refractivity contribution in [1.29, 1.82) is 0 Å². The molecule has 1 aromatic rings. The van der Waals surface area contributed by atoms with Crippen LogP contribution in [-0.4, -0.2) is 24.6 Å². The fourth-order valence-corrected chi connectivity index (χ4v) is 2.05. The Morgan fingerprint density at radius 2 is 2.15 bits per heavy atom. The van der Waals surface area contributed by atoms with Gasteiger partial charge in [-0.05, 0) is 38.8 Å². The summed E-state index contributed by atoms with van der Waals surface area (Å²) in [5.74, 6) is 0.493. The average molecular weight is 299 g/mol. The van der Waals surface area contributed by atoms with E-state index in [0.717, 1.165) is 12.0 Å². The van der Waals surface area contributed by atoms with Crippen molar-refractivity contribution in [2.45, 2.75) is 45.8 Å². The van der Waals surface area contributed by atoms with E-state index in [1.807, 2.05) is 19.9 Å². The number of carbonyl (C=O) groups excluding carboxylic acids is 1. The molecule has 0 aliphatic rings. The number of amides is 1. The number of carbonyl (C=O) groups is 1. The second kappa shape index (κ2) is 8.12. The van der Waals surface area contributed by atoms with E-state index in [1.165, 1.54) is 0 Å². The molecule has 0 aliphatic carbocycles. The number of hydrogen-bond donors (Lipinski definition) is 2. The molecule has 1 rings (SSSR count). The molecule has 0 aliphatic heterocycles. The Balaban J connectivity index is 2.81. The molecule has 1 aromatic carbocycles. The maximum Gasteiger partial charge on any atom is 0.260 e.